The Morgan fingerprint density at radius 2 is 1.72 bits per heavy atom. The van der Waals surface area contributed by atoms with Crippen LogP contribution >= 0.6 is 0 Å². The Hall–Kier alpha value is -2.57. The zero-order valence-electron chi connectivity index (χ0n) is 18.3. The van der Waals surface area contributed by atoms with Crippen LogP contribution in [0.3, 0.4) is 0 Å². The first kappa shape index (κ1) is 24.5. The number of hydrogen-bond donors (Lipinski definition) is 3. The van der Waals surface area contributed by atoms with Crippen molar-refractivity contribution in [3.8, 4) is 0 Å². The van der Waals surface area contributed by atoms with Crippen molar-refractivity contribution in [1.82, 2.24) is 16.0 Å². The highest BCUT2D eigenvalue weighted by Gasteiger charge is 2.19. The lowest BCUT2D eigenvalue weighted by atomic mass is 10.1. The van der Waals surface area contributed by atoms with Crippen LogP contribution in [0.4, 0.5) is 4.79 Å². The molecule has 7 heteroatoms. The van der Waals surface area contributed by atoms with Gasteiger partial charge in [0.25, 0.3) is 5.91 Å². The van der Waals surface area contributed by atoms with E-state index in [0.717, 1.165) is 24.8 Å². The molecular formula is C22H35N3O4. The van der Waals surface area contributed by atoms with Crippen molar-refractivity contribution in [3.05, 3.63) is 35.4 Å². The van der Waals surface area contributed by atoms with Gasteiger partial charge in [0.05, 0.1) is 0 Å². The summed E-state index contributed by atoms with van der Waals surface area (Å²) in [5, 5.41) is 8.48. The number of unbranched alkanes of at least 4 members (excludes halogenated alkanes) is 1. The van der Waals surface area contributed by atoms with Gasteiger partial charge < -0.3 is 20.7 Å². The molecule has 0 unspecified atom stereocenters. The van der Waals surface area contributed by atoms with E-state index in [1.807, 2.05) is 32.9 Å². The fourth-order valence-electron chi connectivity index (χ4n) is 2.67. The second-order valence-corrected chi connectivity index (χ2v) is 8.13. The lowest BCUT2D eigenvalue weighted by Crippen LogP contribution is -2.44. The number of alkyl carbamates (subject to hydrolysis) is 1. The molecule has 0 aliphatic rings. The zero-order chi connectivity index (χ0) is 21.9. The first-order valence-electron chi connectivity index (χ1n) is 10.2. The maximum atomic E-state index is 12.6. The molecular weight excluding hydrogens is 370 g/mol. The maximum absolute atomic E-state index is 12.6. The van der Waals surface area contributed by atoms with Gasteiger partial charge in [-0.1, -0.05) is 31.9 Å². The van der Waals surface area contributed by atoms with E-state index in [2.05, 4.69) is 22.9 Å². The Labute approximate surface area is 174 Å². The monoisotopic (exact) mass is 405 g/mol. The van der Waals surface area contributed by atoms with Crippen molar-refractivity contribution >= 4 is 17.9 Å². The van der Waals surface area contributed by atoms with E-state index in [9.17, 15) is 14.4 Å². The smallest absolute Gasteiger partial charge is 0.407 e. The van der Waals surface area contributed by atoms with Crippen molar-refractivity contribution in [2.45, 2.75) is 71.9 Å². The number of ether oxygens (including phenoxy) is 1. The minimum atomic E-state index is -0.562. The molecule has 1 rings (SSSR count). The Morgan fingerprint density at radius 3 is 2.28 bits per heavy atom. The highest BCUT2D eigenvalue weighted by atomic mass is 16.6. The Morgan fingerprint density at radius 1 is 1.07 bits per heavy atom. The number of hydrogen-bond acceptors (Lipinski definition) is 4. The average Bonchev–Trinajstić information content (AvgIpc) is 2.62. The highest BCUT2D eigenvalue weighted by molar-refractivity contribution is 5.94. The largest absolute Gasteiger partial charge is 0.444 e. The topological polar surface area (TPSA) is 96.5 Å². The number of nitrogens with one attached hydrogen (secondary N) is 3. The van der Waals surface area contributed by atoms with E-state index in [0.29, 0.717) is 25.1 Å². The zero-order valence-corrected chi connectivity index (χ0v) is 18.3. The molecule has 0 spiro atoms. The third kappa shape index (κ3) is 11.1. The van der Waals surface area contributed by atoms with Gasteiger partial charge >= 0.3 is 6.09 Å². The molecule has 29 heavy (non-hydrogen) atoms. The molecule has 0 saturated carbocycles. The van der Waals surface area contributed by atoms with Crippen molar-refractivity contribution in [2.24, 2.45) is 0 Å². The minimum absolute atomic E-state index is 0.0564. The van der Waals surface area contributed by atoms with Crippen LogP contribution in [0.1, 0.15) is 69.8 Å². The van der Waals surface area contributed by atoms with Crippen molar-refractivity contribution < 1.29 is 19.1 Å². The predicted molar refractivity (Wildman–Crippen MR) is 114 cm³/mol. The fraction of sp³-hybridized carbons (Fsp3) is 0.591. The van der Waals surface area contributed by atoms with Crippen LogP contribution in [0.15, 0.2) is 24.3 Å². The van der Waals surface area contributed by atoms with E-state index in [4.69, 9.17) is 4.74 Å². The second-order valence-electron chi connectivity index (χ2n) is 8.13. The third-order valence-electron chi connectivity index (χ3n) is 4.14. The van der Waals surface area contributed by atoms with Gasteiger partial charge in [-0.2, -0.15) is 0 Å². The molecule has 3 amide bonds. The summed E-state index contributed by atoms with van der Waals surface area (Å²) >= 11 is 0. The van der Waals surface area contributed by atoms with Crippen LogP contribution < -0.4 is 16.0 Å². The van der Waals surface area contributed by atoms with Gasteiger partial charge in [0.2, 0.25) is 5.91 Å². The molecule has 0 aromatic heterocycles. The minimum Gasteiger partial charge on any atom is -0.444 e. The van der Waals surface area contributed by atoms with Crippen molar-refractivity contribution in [1.29, 1.82) is 0 Å². The van der Waals surface area contributed by atoms with Gasteiger partial charge in [0.15, 0.2) is 0 Å². The van der Waals surface area contributed by atoms with Crippen LogP contribution in [0.2, 0.25) is 0 Å². The molecule has 1 atom stereocenters. The predicted octanol–water partition coefficient (Wildman–Crippen LogP) is 3.18. The van der Waals surface area contributed by atoms with Crippen LogP contribution in [0.25, 0.3) is 0 Å². The lowest BCUT2D eigenvalue weighted by molar-refractivity contribution is -0.118. The molecule has 0 radical (unpaired) electrons. The van der Waals surface area contributed by atoms with Gasteiger partial charge in [-0.15, -0.1) is 0 Å². The van der Waals surface area contributed by atoms with Gasteiger partial charge in [-0.25, -0.2) is 4.79 Å². The number of rotatable bonds is 10. The molecule has 0 fully saturated rings. The number of carbonyl (C=O) groups excluding carboxylic acids is 3. The molecule has 0 aliphatic heterocycles. The molecule has 0 heterocycles. The van der Waals surface area contributed by atoms with Crippen LogP contribution in [-0.4, -0.2) is 42.6 Å². The van der Waals surface area contributed by atoms with Gasteiger partial charge in [-0.3, -0.25) is 9.59 Å². The highest BCUT2D eigenvalue weighted by Crippen LogP contribution is 2.09. The molecule has 0 aliphatic carbocycles. The number of carbonyl (C=O) groups is 3. The molecule has 1 aromatic carbocycles. The molecule has 3 N–H and O–H groups in total. The van der Waals surface area contributed by atoms with Gasteiger partial charge in [0, 0.05) is 31.6 Å². The Balaban J connectivity index is 2.60. The molecule has 0 bridgehead atoms. The number of benzene rings is 1. The summed E-state index contributed by atoms with van der Waals surface area (Å²) in [5.74, 6) is -0.232. The number of amides is 3. The van der Waals surface area contributed by atoms with E-state index in [-0.39, 0.29) is 17.9 Å². The van der Waals surface area contributed by atoms with Crippen LogP contribution in [-0.2, 0) is 16.0 Å². The summed E-state index contributed by atoms with van der Waals surface area (Å²) in [6.07, 6.45) is 2.94. The quantitative estimate of drug-likeness (QED) is 0.557. The van der Waals surface area contributed by atoms with Crippen LogP contribution in [0.5, 0.6) is 0 Å². The molecule has 162 valence electrons. The second kappa shape index (κ2) is 12.1. The third-order valence-corrected chi connectivity index (χ3v) is 4.14. The molecule has 7 nitrogen and oxygen atoms in total. The summed E-state index contributed by atoms with van der Waals surface area (Å²) in [6.45, 7) is 9.87. The maximum Gasteiger partial charge on any atom is 0.407 e. The van der Waals surface area contributed by atoms with E-state index in [1.54, 1.807) is 12.1 Å². The Bertz CT molecular complexity index is 666. The van der Waals surface area contributed by atoms with E-state index >= 15 is 0 Å². The summed E-state index contributed by atoms with van der Waals surface area (Å²) in [7, 11) is 0. The standard InChI is InChI=1S/C22H35N3O4/c1-6-7-8-19(15-24-21(28)29-22(3,4)5)25-20(27)18-11-9-17(10-12-18)13-14-23-16(2)26/h9-12,19H,6-8,13-15H2,1-5H3,(H,23,26)(H,24,28)(H,25,27)/t19-/m1/s1. The van der Waals surface area contributed by atoms with E-state index < -0.39 is 11.7 Å². The van der Waals surface area contributed by atoms with Gasteiger partial charge in [-0.05, 0) is 51.3 Å². The van der Waals surface area contributed by atoms with Crippen LogP contribution in [0, 0.1) is 0 Å². The summed E-state index contributed by atoms with van der Waals surface area (Å²) < 4.78 is 5.25. The first-order valence-corrected chi connectivity index (χ1v) is 10.2. The normalized spacial score (nSPS) is 12.0. The molecule has 0 saturated heterocycles. The van der Waals surface area contributed by atoms with E-state index in [1.165, 1.54) is 6.92 Å². The summed E-state index contributed by atoms with van der Waals surface area (Å²) in [5.41, 5.74) is 1.05. The first-order chi connectivity index (χ1) is 13.6. The lowest BCUT2D eigenvalue weighted by Gasteiger charge is -2.22. The Kier molecular flexibility index (Phi) is 10.2. The SMILES string of the molecule is CCCC[C@H](CNC(=O)OC(C)(C)C)NC(=O)c1ccc(CCNC(C)=O)cc1. The summed E-state index contributed by atoms with van der Waals surface area (Å²) in [4.78, 5) is 35.4. The molecule has 1 aromatic rings. The summed E-state index contributed by atoms with van der Waals surface area (Å²) in [6, 6.07) is 7.15. The van der Waals surface area contributed by atoms with Crippen molar-refractivity contribution in [2.75, 3.05) is 13.1 Å². The average molecular weight is 406 g/mol. The van der Waals surface area contributed by atoms with Crippen molar-refractivity contribution in [3.63, 3.8) is 0 Å². The van der Waals surface area contributed by atoms with Gasteiger partial charge in [0.1, 0.15) is 5.60 Å². The fourth-order valence-corrected chi connectivity index (χ4v) is 2.67.